The summed E-state index contributed by atoms with van der Waals surface area (Å²) in [6.45, 7) is 3.58. The molecule has 150 valence electrons. The monoisotopic (exact) mass is 387 g/mol. The average Bonchev–Trinajstić information content (AvgIpc) is 2.70. The number of carbonyl (C=O) groups is 1. The second kappa shape index (κ2) is 10.2. The van der Waals surface area contributed by atoms with E-state index in [0.29, 0.717) is 12.5 Å². The highest BCUT2D eigenvalue weighted by Crippen LogP contribution is 2.22. The van der Waals surface area contributed by atoms with E-state index in [1.807, 2.05) is 12.1 Å². The number of hydrogen-bond donors (Lipinski definition) is 2. The molecule has 0 aromatic heterocycles. The summed E-state index contributed by atoms with van der Waals surface area (Å²) in [4.78, 5) is 14.2. The number of urea groups is 1. The SMILES string of the molecule is O=C(NCCCN1CCC(Cc2ccc(F)cc2)CC1)Nc1ccccc1F. The fourth-order valence-electron chi connectivity index (χ4n) is 3.60. The molecule has 0 saturated carbocycles. The third-order valence-corrected chi connectivity index (χ3v) is 5.20. The number of benzene rings is 2. The molecule has 4 nitrogen and oxygen atoms in total. The molecular formula is C22H27F2N3O. The van der Waals surface area contributed by atoms with Crippen molar-refractivity contribution in [2.75, 3.05) is 31.5 Å². The molecule has 2 aromatic carbocycles. The number of hydrogen-bond acceptors (Lipinski definition) is 2. The van der Waals surface area contributed by atoms with Crippen molar-refractivity contribution in [3.8, 4) is 0 Å². The van der Waals surface area contributed by atoms with E-state index in [4.69, 9.17) is 0 Å². The molecule has 1 aliphatic rings. The lowest BCUT2D eigenvalue weighted by atomic mass is 9.90. The molecule has 0 unspecified atom stereocenters. The number of para-hydroxylation sites is 1. The number of piperidine rings is 1. The number of anilines is 1. The van der Waals surface area contributed by atoms with E-state index >= 15 is 0 Å². The third kappa shape index (κ3) is 6.30. The zero-order valence-corrected chi connectivity index (χ0v) is 16.0. The molecule has 0 bridgehead atoms. The van der Waals surface area contributed by atoms with Crippen molar-refractivity contribution in [2.45, 2.75) is 25.7 Å². The Hall–Kier alpha value is -2.47. The molecule has 0 radical (unpaired) electrons. The van der Waals surface area contributed by atoms with Gasteiger partial charge < -0.3 is 15.5 Å². The number of amides is 2. The zero-order valence-electron chi connectivity index (χ0n) is 16.0. The zero-order chi connectivity index (χ0) is 19.8. The van der Waals surface area contributed by atoms with E-state index in [1.165, 1.54) is 29.8 Å². The fraction of sp³-hybridized carbons (Fsp3) is 0.409. The van der Waals surface area contributed by atoms with Gasteiger partial charge in [-0.05, 0) is 81.1 Å². The van der Waals surface area contributed by atoms with Crippen molar-refractivity contribution in [3.05, 3.63) is 65.7 Å². The molecule has 28 heavy (non-hydrogen) atoms. The van der Waals surface area contributed by atoms with E-state index in [0.717, 1.165) is 45.3 Å². The smallest absolute Gasteiger partial charge is 0.319 e. The molecular weight excluding hydrogens is 360 g/mol. The van der Waals surface area contributed by atoms with Gasteiger partial charge in [-0.1, -0.05) is 24.3 Å². The highest BCUT2D eigenvalue weighted by molar-refractivity contribution is 5.89. The van der Waals surface area contributed by atoms with Gasteiger partial charge in [0.1, 0.15) is 11.6 Å². The summed E-state index contributed by atoms with van der Waals surface area (Å²) >= 11 is 0. The van der Waals surface area contributed by atoms with Crippen molar-refractivity contribution in [2.24, 2.45) is 5.92 Å². The quantitative estimate of drug-likeness (QED) is 0.691. The van der Waals surface area contributed by atoms with Crippen molar-refractivity contribution in [1.29, 1.82) is 0 Å². The summed E-state index contributed by atoms with van der Waals surface area (Å²) in [7, 11) is 0. The van der Waals surface area contributed by atoms with Crippen LogP contribution in [0.3, 0.4) is 0 Å². The summed E-state index contributed by atoms with van der Waals surface area (Å²) < 4.78 is 26.5. The van der Waals surface area contributed by atoms with Gasteiger partial charge in [-0.2, -0.15) is 0 Å². The first-order valence-electron chi connectivity index (χ1n) is 9.86. The molecule has 2 aromatic rings. The molecule has 2 N–H and O–H groups in total. The molecule has 1 heterocycles. The number of rotatable bonds is 7. The van der Waals surface area contributed by atoms with Gasteiger partial charge in [-0.3, -0.25) is 0 Å². The van der Waals surface area contributed by atoms with Crippen LogP contribution in [0.1, 0.15) is 24.8 Å². The van der Waals surface area contributed by atoms with Crippen LogP contribution in [0.2, 0.25) is 0 Å². The fourth-order valence-corrected chi connectivity index (χ4v) is 3.60. The summed E-state index contributed by atoms with van der Waals surface area (Å²) in [6, 6.07) is 12.5. The third-order valence-electron chi connectivity index (χ3n) is 5.20. The number of carbonyl (C=O) groups excluding carboxylic acids is 1. The van der Waals surface area contributed by atoms with Crippen LogP contribution in [-0.2, 0) is 6.42 Å². The number of halogens is 2. The van der Waals surface area contributed by atoms with E-state index in [-0.39, 0.29) is 17.5 Å². The molecule has 0 aliphatic carbocycles. The van der Waals surface area contributed by atoms with Gasteiger partial charge in [0.25, 0.3) is 0 Å². The average molecular weight is 387 g/mol. The van der Waals surface area contributed by atoms with Crippen LogP contribution in [0.15, 0.2) is 48.5 Å². The Kier molecular flexibility index (Phi) is 7.37. The maximum atomic E-state index is 13.5. The maximum absolute atomic E-state index is 13.5. The topological polar surface area (TPSA) is 44.4 Å². The lowest BCUT2D eigenvalue weighted by Crippen LogP contribution is -2.37. The van der Waals surface area contributed by atoms with Crippen LogP contribution in [0.25, 0.3) is 0 Å². The summed E-state index contributed by atoms with van der Waals surface area (Å²) in [6.07, 6.45) is 4.14. The highest BCUT2D eigenvalue weighted by atomic mass is 19.1. The minimum absolute atomic E-state index is 0.184. The molecule has 0 atom stereocenters. The van der Waals surface area contributed by atoms with Gasteiger partial charge in [0.05, 0.1) is 5.69 Å². The van der Waals surface area contributed by atoms with Crippen LogP contribution >= 0.6 is 0 Å². The Balaban J connectivity index is 1.29. The molecule has 1 fully saturated rings. The number of nitrogens with zero attached hydrogens (tertiary/aromatic N) is 1. The van der Waals surface area contributed by atoms with Crippen LogP contribution < -0.4 is 10.6 Å². The van der Waals surface area contributed by atoms with Crippen molar-refractivity contribution < 1.29 is 13.6 Å². The Bertz CT molecular complexity index is 759. The van der Waals surface area contributed by atoms with Gasteiger partial charge in [0, 0.05) is 6.54 Å². The van der Waals surface area contributed by atoms with Crippen LogP contribution in [0.4, 0.5) is 19.3 Å². The summed E-state index contributed by atoms with van der Waals surface area (Å²) in [5.41, 5.74) is 1.38. The molecule has 6 heteroatoms. The predicted octanol–water partition coefficient (Wildman–Crippen LogP) is 4.43. The first kappa shape index (κ1) is 20.3. The normalized spacial score (nSPS) is 15.4. The lowest BCUT2D eigenvalue weighted by molar-refractivity contribution is 0.182. The first-order chi connectivity index (χ1) is 13.6. The lowest BCUT2D eigenvalue weighted by Gasteiger charge is -2.32. The summed E-state index contributed by atoms with van der Waals surface area (Å²) in [5.74, 6) is 0.0160. The van der Waals surface area contributed by atoms with Gasteiger partial charge in [-0.25, -0.2) is 13.6 Å². The van der Waals surface area contributed by atoms with Crippen molar-refractivity contribution in [1.82, 2.24) is 10.2 Å². The Labute approximate surface area is 164 Å². The molecule has 3 rings (SSSR count). The minimum atomic E-state index is -0.443. The van der Waals surface area contributed by atoms with Crippen LogP contribution in [0, 0.1) is 17.6 Å². The summed E-state index contributed by atoms with van der Waals surface area (Å²) in [5, 5.41) is 5.29. The van der Waals surface area contributed by atoms with Gasteiger partial charge in [0.2, 0.25) is 0 Å². The van der Waals surface area contributed by atoms with Crippen LogP contribution in [0.5, 0.6) is 0 Å². The molecule has 1 aliphatic heterocycles. The highest BCUT2D eigenvalue weighted by Gasteiger charge is 2.19. The minimum Gasteiger partial charge on any atom is -0.338 e. The molecule has 2 amide bonds. The van der Waals surface area contributed by atoms with Crippen molar-refractivity contribution in [3.63, 3.8) is 0 Å². The molecule has 0 spiro atoms. The second-order valence-electron chi connectivity index (χ2n) is 7.33. The van der Waals surface area contributed by atoms with Crippen LogP contribution in [-0.4, -0.2) is 37.1 Å². The second-order valence-corrected chi connectivity index (χ2v) is 7.33. The number of nitrogens with one attached hydrogen (secondary N) is 2. The standard InChI is InChI=1S/C22H27F2N3O/c23-19-8-6-17(7-9-19)16-18-10-14-27(15-11-18)13-3-12-25-22(28)26-21-5-2-1-4-20(21)24/h1-2,4-9,18H,3,10-16H2,(H2,25,26,28). The van der Waals surface area contributed by atoms with Gasteiger partial charge in [0.15, 0.2) is 0 Å². The van der Waals surface area contributed by atoms with Gasteiger partial charge in [-0.15, -0.1) is 0 Å². The molecule has 1 saturated heterocycles. The van der Waals surface area contributed by atoms with E-state index in [2.05, 4.69) is 15.5 Å². The Morgan fingerprint density at radius 2 is 1.75 bits per heavy atom. The largest absolute Gasteiger partial charge is 0.338 e. The Morgan fingerprint density at radius 3 is 2.46 bits per heavy atom. The van der Waals surface area contributed by atoms with Crippen molar-refractivity contribution >= 4 is 11.7 Å². The number of likely N-dealkylation sites (tertiary alicyclic amines) is 1. The van der Waals surface area contributed by atoms with E-state index < -0.39 is 5.82 Å². The van der Waals surface area contributed by atoms with Gasteiger partial charge >= 0.3 is 6.03 Å². The Morgan fingerprint density at radius 1 is 1.04 bits per heavy atom. The first-order valence-corrected chi connectivity index (χ1v) is 9.86. The maximum Gasteiger partial charge on any atom is 0.319 e. The predicted molar refractivity (Wildman–Crippen MR) is 107 cm³/mol. The van der Waals surface area contributed by atoms with E-state index in [1.54, 1.807) is 12.1 Å². The van der Waals surface area contributed by atoms with E-state index in [9.17, 15) is 13.6 Å².